The van der Waals surface area contributed by atoms with Gasteiger partial charge in [0.15, 0.2) is 5.76 Å². The number of hydrogen-bond donors (Lipinski definition) is 1. The highest BCUT2D eigenvalue weighted by molar-refractivity contribution is 9.10. The van der Waals surface area contributed by atoms with Gasteiger partial charge in [-0.2, -0.15) is 5.10 Å². The van der Waals surface area contributed by atoms with E-state index in [1.54, 1.807) is 6.07 Å². The first-order valence-electron chi connectivity index (χ1n) is 8.96. The summed E-state index contributed by atoms with van der Waals surface area (Å²) in [7, 11) is 0. The zero-order valence-electron chi connectivity index (χ0n) is 15.3. The van der Waals surface area contributed by atoms with Gasteiger partial charge in [-0.05, 0) is 60.2 Å². The van der Waals surface area contributed by atoms with E-state index in [0.29, 0.717) is 24.1 Å². The SMILES string of the molecule is Cc1nn(Cc2ccc(C(=O)NC3CCCC(C)C3C)o2)c(C)c1Br. The molecule has 6 heteroatoms. The normalized spacial score (nSPS) is 23.6. The van der Waals surface area contributed by atoms with Crippen molar-refractivity contribution in [2.45, 2.75) is 59.5 Å². The number of halogens is 1. The average Bonchev–Trinajstić information content (AvgIpc) is 3.13. The summed E-state index contributed by atoms with van der Waals surface area (Å²) in [5, 5.41) is 7.63. The van der Waals surface area contributed by atoms with Gasteiger partial charge in [-0.25, -0.2) is 0 Å². The first-order chi connectivity index (χ1) is 11.9. The Hall–Kier alpha value is -1.56. The van der Waals surface area contributed by atoms with Crippen LogP contribution in [0.1, 0.15) is 60.8 Å². The van der Waals surface area contributed by atoms with Crippen LogP contribution in [0.2, 0.25) is 0 Å². The maximum Gasteiger partial charge on any atom is 0.287 e. The monoisotopic (exact) mass is 407 g/mol. The van der Waals surface area contributed by atoms with Crippen molar-refractivity contribution in [3.8, 4) is 0 Å². The molecule has 136 valence electrons. The summed E-state index contributed by atoms with van der Waals surface area (Å²) < 4.78 is 8.66. The number of nitrogens with one attached hydrogen (secondary N) is 1. The zero-order chi connectivity index (χ0) is 18.1. The van der Waals surface area contributed by atoms with Crippen molar-refractivity contribution in [3.63, 3.8) is 0 Å². The first-order valence-corrected chi connectivity index (χ1v) is 9.75. The summed E-state index contributed by atoms with van der Waals surface area (Å²) in [6.07, 6.45) is 3.47. The molecular formula is C19H26BrN3O2. The average molecular weight is 408 g/mol. The Bertz CT molecular complexity index is 765. The number of carbonyl (C=O) groups excluding carboxylic acids is 1. The number of aromatic nitrogens is 2. The van der Waals surface area contributed by atoms with Crippen molar-refractivity contribution < 1.29 is 9.21 Å². The number of hydrogen-bond acceptors (Lipinski definition) is 3. The Morgan fingerprint density at radius 1 is 1.36 bits per heavy atom. The molecule has 0 spiro atoms. The molecule has 1 aliphatic carbocycles. The molecule has 3 atom stereocenters. The fourth-order valence-electron chi connectivity index (χ4n) is 3.59. The van der Waals surface area contributed by atoms with Crippen molar-refractivity contribution in [1.82, 2.24) is 15.1 Å². The van der Waals surface area contributed by atoms with E-state index in [1.807, 2.05) is 24.6 Å². The van der Waals surface area contributed by atoms with E-state index in [2.05, 4.69) is 40.2 Å². The fraction of sp³-hybridized carbons (Fsp3) is 0.579. The van der Waals surface area contributed by atoms with E-state index in [4.69, 9.17) is 4.42 Å². The molecule has 1 saturated carbocycles. The number of amides is 1. The Morgan fingerprint density at radius 3 is 2.80 bits per heavy atom. The topological polar surface area (TPSA) is 60.1 Å². The second-order valence-corrected chi connectivity index (χ2v) is 8.05. The third kappa shape index (κ3) is 3.84. The molecule has 0 radical (unpaired) electrons. The minimum absolute atomic E-state index is 0.119. The van der Waals surface area contributed by atoms with Crippen LogP contribution in [-0.4, -0.2) is 21.7 Å². The van der Waals surface area contributed by atoms with E-state index in [9.17, 15) is 4.79 Å². The molecule has 2 aromatic heterocycles. The molecule has 1 fully saturated rings. The molecule has 0 saturated heterocycles. The highest BCUT2D eigenvalue weighted by atomic mass is 79.9. The number of rotatable bonds is 4. The maximum atomic E-state index is 12.5. The number of furan rings is 1. The van der Waals surface area contributed by atoms with E-state index >= 15 is 0 Å². The number of carbonyl (C=O) groups is 1. The highest BCUT2D eigenvalue weighted by Crippen LogP contribution is 2.29. The molecule has 25 heavy (non-hydrogen) atoms. The molecule has 0 aromatic carbocycles. The third-order valence-electron chi connectivity index (χ3n) is 5.51. The maximum absolute atomic E-state index is 12.5. The molecule has 1 amide bonds. The summed E-state index contributed by atoms with van der Waals surface area (Å²) in [5.74, 6) is 2.14. The lowest BCUT2D eigenvalue weighted by molar-refractivity contribution is 0.0861. The predicted molar refractivity (Wildman–Crippen MR) is 101 cm³/mol. The van der Waals surface area contributed by atoms with Crippen LogP contribution in [-0.2, 0) is 6.54 Å². The molecule has 1 N–H and O–H groups in total. The highest BCUT2D eigenvalue weighted by Gasteiger charge is 2.29. The Labute approximate surface area is 157 Å². The second-order valence-electron chi connectivity index (χ2n) is 7.26. The lowest BCUT2D eigenvalue weighted by atomic mass is 9.78. The molecule has 3 rings (SSSR count). The minimum Gasteiger partial charge on any atom is -0.454 e. The van der Waals surface area contributed by atoms with E-state index in [0.717, 1.165) is 28.0 Å². The third-order valence-corrected chi connectivity index (χ3v) is 6.66. The Balaban J connectivity index is 1.66. The largest absolute Gasteiger partial charge is 0.454 e. The Morgan fingerprint density at radius 2 is 2.12 bits per heavy atom. The molecule has 2 heterocycles. The van der Waals surface area contributed by atoms with Crippen LogP contribution in [0.5, 0.6) is 0 Å². The van der Waals surface area contributed by atoms with Gasteiger partial charge >= 0.3 is 0 Å². The van der Waals surface area contributed by atoms with Gasteiger partial charge in [-0.15, -0.1) is 0 Å². The molecule has 1 aliphatic rings. The van der Waals surface area contributed by atoms with Crippen molar-refractivity contribution in [2.24, 2.45) is 11.8 Å². The molecule has 0 aliphatic heterocycles. The van der Waals surface area contributed by atoms with Crippen LogP contribution in [0, 0.1) is 25.7 Å². The van der Waals surface area contributed by atoms with Gasteiger partial charge in [0.1, 0.15) is 5.76 Å². The van der Waals surface area contributed by atoms with Gasteiger partial charge in [-0.3, -0.25) is 9.48 Å². The van der Waals surface area contributed by atoms with Crippen molar-refractivity contribution >= 4 is 21.8 Å². The summed E-state index contributed by atoms with van der Waals surface area (Å²) in [6, 6.07) is 3.84. The molecule has 3 unspecified atom stereocenters. The minimum atomic E-state index is -0.119. The molecular weight excluding hydrogens is 382 g/mol. The first kappa shape index (κ1) is 18.2. The summed E-state index contributed by atoms with van der Waals surface area (Å²) in [4.78, 5) is 12.5. The molecule has 2 aromatic rings. The van der Waals surface area contributed by atoms with Crippen LogP contribution in [0.25, 0.3) is 0 Å². The summed E-state index contributed by atoms with van der Waals surface area (Å²) >= 11 is 3.53. The van der Waals surface area contributed by atoms with Gasteiger partial charge in [0.05, 0.1) is 22.4 Å². The van der Waals surface area contributed by atoms with E-state index in [1.165, 1.54) is 12.8 Å². The smallest absolute Gasteiger partial charge is 0.287 e. The van der Waals surface area contributed by atoms with Crippen LogP contribution in [0.4, 0.5) is 0 Å². The van der Waals surface area contributed by atoms with Crippen molar-refractivity contribution in [1.29, 1.82) is 0 Å². The molecule has 0 bridgehead atoms. The number of aryl methyl sites for hydroxylation is 1. The standard InChI is InChI=1S/C19H26BrN3O2/c1-11-6-5-7-16(12(11)2)21-19(24)17-9-8-15(25-17)10-23-14(4)18(20)13(3)22-23/h8-9,11-12,16H,5-7,10H2,1-4H3,(H,21,24). The number of nitrogens with zero attached hydrogens (tertiary/aromatic N) is 2. The van der Waals surface area contributed by atoms with Gasteiger partial charge in [0, 0.05) is 6.04 Å². The van der Waals surface area contributed by atoms with Crippen molar-refractivity contribution in [3.05, 3.63) is 39.5 Å². The quantitative estimate of drug-likeness (QED) is 0.813. The van der Waals surface area contributed by atoms with Crippen molar-refractivity contribution in [2.75, 3.05) is 0 Å². The summed E-state index contributed by atoms with van der Waals surface area (Å²) in [5.41, 5.74) is 1.99. The second kappa shape index (κ2) is 7.36. The van der Waals surface area contributed by atoms with Gasteiger partial charge in [0.25, 0.3) is 5.91 Å². The van der Waals surface area contributed by atoms with Gasteiger partial charge in [-0.1, -0.05) is 26.7 Å². The Kier molecular flexibility index (Phi) is 5.37. The van der Waals surface area contributed by atoms with Crippen LogP contribution in [0.15, 0.2) is 21.0 Å². The van der Waals surface area contributed by atoms with E-state index in [-0.39, 0.29) is 11.9 Å². The van der Waals surface area contributed by atoms with E-state index < -0.39 is 0 Å². The zero-order valence-corrected chi connectivity index (χ0v) is 16.9. The summed E-state index contributed by atoms with van der Waals surface area (Å²) in [6.45, 7) is 8.97. The molecule has 5 nitrogen and oxygen atoms in total. The van der Waals surface area contributed by atoms with Gasteiger partial charge < -0.3 is 9.73 Å². The van der Waals surface area contributed by atoms with Crippen LogP contribution < -0.4 is 5.32 Å². The fourth-order valence-corrected chi connectivity index (χ4v) is 3.87. The predicted octanol–water partition coefficient (Wildman–Crippen LogP) is 4.46. The van der Waals surface area contributed by atoms with Crippen LogP contribution >= 0.6 is 15.9 Å². The van der Waals surface area contributed by atoms with Crippen LogP contribution in [0.3, 0.4) is 0 Å². The lowest BCUT2D eigenvalue weighted by Crippen LogP contribution is -2.43. The van der Waals surface area contributed by atoms with Gasteiger partial charge in [0.2, 0.25) is 0 Å². The lowest BCUT2D eigenvalue weighted by Gasteiger charge is -2.34.